The van der Waals surface area contributed by atoms with Crippen LogP contribution in [0.15, 0.2) is 172 Å². The van der Waals surface area contributed by atoms with Crippen molar-refractivity contribution in [2.75, 3.05) is 5.32 Å². The van der Waals surface area contributed by atoms with Crippen LogP contribution in [0.4, 0.5) is 11.4 Å². The molecule has 0 radical (unpaired) electrons. The highest BCUT2D eigenvalue weighted by Crippen LogP contribution is 2.63. The first kappa shape index (κ1) is 25.8. The lowest BCUT2D eigenvalue weighted by atomic mass is 9.67. The van der Waals surface area contributed by atoms with Crippen LogP contribution in [0.1, 0.15) is 22.3 Å². The topological polar surface area (TPSA) is 25.2 Å². The summed E-state index contributed by atoms with van der Waals surface area (Å²) in [4.78, 5) is 2.64. The predicted molar refractivity (Wildman–Crippen MR) is 190 cm³/mol. The minimum atomic E-state index is -0.393. The van der Waals surface area contributed by atoms with Gasteiger partial charge >= 0.3 is 0 Å². The highest BCUT2D eigenvalue weighted by molar-refractivity contribution is 7.99. The summed E-state index contributed by atoms with van der Waals surface area (Å²) in [7, 11) is 0. The van der Waals surface area contributed by atoms with Crippen LogP contribution in [0.25, 0.3) is 44.2 Å². The van der Waals surface area contributed by atoms with E-state index in [0.29, 0.717) is 0 Å². The third kappa shape index (κ3) is 3.49. The number of anilines is 2. The Balaban J connectivity index is 1.20. The summed E-state index contributed by atoms with van der Waals surface area (Å²) in [6.07, 6.45) is 0. The van der Waals surface area contributed by atoms with E-state index < -0.39 is 5.41 Å². The minimum Gasteiger partial charge on any atom is -0.456 e. The molecular weight excluding hydrogens is 579 g/mol. The van der Waals surface area contributed by atoms with Crippen LogP contribution < -0.4 is 5.32 Å². The van der Waals surface area contributed by atoms with Crippen LogP contribution in [0.2, 0.25) is 0 Å². The number of furan rings is 1. The first-order valence-corrected chi connectivity index (χ1v) is 16.5. The second kappa shape index (κ2) is 9.74. The van der Waals surface area contributed by atoms with Gasteiger partial charge in [-0.15, -0.1) is 0 Å². The van der Waals surface area contributed by atoms with E-state index in [2.05, 4.69) is 151 Å². The third-order valence-corrected chi connectivity index (χ3v) is 10.9. The highest BCUT2D eigenvalue weighted by Gasteiger charge is 2.50. The maximum absolute atomic E-state index is 6.11. The monoisotopic (exact) mass is 605 g/mol. The average molecular weight is 606 g/mol. The van der Waals surface area contributed by atoms with Gasteiger partial charge in [0.15, 0.2) is 0 Å². The van der Waals surface area contributed by atoms with E-state index in [9.17, 15) is 0 Å². The lowest BCUT2D eigenvalue weighted by Crippen LogP contribution is -2.31. The molecular formula is C43H27NOS. The van der Waals surface area contributed by atoms with Crippen molar-refractivity contribution in [3.8, 4) is 22.3 Å². The molecule has 1 aliphatic heterocycles. The van der Waals surface area contributed by atoms with Crippen LogP contribution in [-0.4, -0.2) is 0 Å². The molecule has 0 atom stereocenters. The number of fused-ring (bicyclic) bond motifs is 12. The molecule has 216 valence electrons. The van der Waals surface area contributed by atoms with Crippen LogP contribution in [-0.2, 0) is 5.41 Å². The molecule has 1 N–H and O–H groups in total. The van der Waals surface area contributed by atoms with Crippen molar-refractivity contribution in [2.45, 2.75) is 15.2 Å². The Labute approximate surface area is 271 Å². The van der Waals surface area contributed by atoms with Crippen LogP contribution in [0.3, 0.4) is 0 Å². The zero-order valence-corrected chi connectivity index (χ0v) is 25.6. The predicted octanol–water partition coefficient (Wildman–Crippen LogP) is 11.8. The second-order valence-electron chi connectivity index (χ2n) is 12.1. The fourth-order valence-corrected chi connectivity index (χ4v) is 9.11. The van der Waals surface area contributed by atoms with Crippen LogP contribution in [0, 0.1) is 0 Å². The molecule has 1 aliphatic carbocycles. The molecule has 7 aromatic carbocycles. The maximum Gasteiger partial charge on any atom is 0.135 e. The van der Waals surface area contributed by atoms with E-state index in [1.54, 1.807) is 0 Å². The van der Waals surface area contributed by atoms with Gasteiger partial charge in [0.1, 0.15) is 11.2 Å². The first-order chi connectivity index (χ1) is 22.8. The summed E-state index contributed by atoms with van der Waals surface area (Å²) in [5, 5.41) is 6.03. The summed E-state index contributed by atoms with van der Waals surface area (Å²) < 4.78 is 6.11. The molecule has 46 heavy (non-hydrogen) atoms. The number of hydrogen-bond donors (Lipinski definition) is 1. The smallest absolute Gasteiger partial charge is 0.135 e. The normalized spacial score (nSPS) is 13.7. The van der Waals surface area contributed by atoms with Crippen LogP contribution in [0.5, 0.6) is 0 Å². The maximum atomic E-state index is 6.11. The molecule has 2 aliphatic rings. The van der Waals surface area contributed by atoms with E-state index in [0.717, 1.165) is 33.3 Å². The Hall–Kier alpha value is -5.51. The van der Waals surface area contributed by atoms with Crippen molar-refractivity contribution in [2.24, 2.45) is 0 Å². The summed E-state index contributed by atoms with van der Waals surface area (Å²) in [5.41, 5.74) is 13.9. The SMILES string of the molecule is c1ccc(-c2cccc3c2-c2ccccc2C32c3ccccc3Sc3ccccc32)c(Nc2ccc3oc4ccccc4c3c2)c1. The summed E-state index contributed by atoms with van der Waals surface area (Å²) in [6, 6.07) is 57.2. The lowest BCUT2D eigenvalue weighted by molar-refractivity contribution is 0.669. The standard InChI is InChI=1S/C43H27NOS/c1-4-16-33-31(14-1)42-30(15-11-19-36(42)43(33)34-17-5-9-22-40(34)46-41-23-10-6-18-35(41)43)28-12-2-7-20-37(28)44-27-24-25-39-32(26-27)29-13-3-8-21-38(29)45-39/h1-26,44H. The van der Waals surface area contributed by atoms with Gasteiger partial charge in [-0.1, -0.05) is 127 Å². The van der Waals surface area contributed by atoms with Gasteiger partial charge in [-0.3, -0.25) is 0 Å². The van der Waals surface area contributed by atoms with Gasteiger partial charge in [0, 0.05) is 37.5 Å². The lowest BCUT2D eigenvalue weighted by Gasteiger charge is -2.39. The largest absolute Gasteiger partial charge is 0.456 e. The number of para-hydroxylation sites is 2. The van der Waals surface area contributed by atoms with Crippen molar-refractivity contribution >= 4 is 45.1 Å². The zero-order valence-electron chi connectivity index (χ0n) is 24.8. The Morgan fingerprint density at radius 3 is 1.89 bits per heavy atom. The van der Waals surface area contributed by atoms with Gasteiger partial charge < -0.3 is 9.73 Å². The summed E-state index contributed by atoms with van der Waals surface area (Å²) in [6.45, 7) is 0. The Kier molecular flexibility index (Phi) is 5.46. The molecule has 0 saturated heterocycles. The summed E-state index contributed by atoms with van der Waals surface area (Å²) >= 11 is 1.88. The molecule has 2 nitrogen and oxygen atoms in total. The molecule has 3 heteroatoms. The van der Waals surface area contributed by atoms with Crippen molar-refractivity contribution in [1.82, 2.24) is 0 Å². The van der Waals surface area contributed by atoms with E-state index in [-0.39, 0.29) is 0 Å². The van der Waals surface area contributed by atoms with Crippen molar-refractivity contribution in [3.05, 3.63) is 180 Å². The van der Waals surface area contributed by atoms with Gasteiger partial charge in [-0.25, -0.2) is 0 Å². The number of hydrogen-bond acceptors (Lipinski definition) is 3. The molecule has 0 saturated carbocycles. The Bertz CT molecular complexity index is 2460. The van der Waals surface area contributed by atoms with Crippen molar-refractivity contribution < 1.29 is 4.42 Å². The molecule has 10 rings (SSSR count). The minimum absolute atomic E-state index is 0.393. The fraction of sp³-hybridized carbons (Fsp3) is 0.0233. The number of nitrogens with one attached hydrogen (secondary N) is 1. The van der Waals surface area contributed by atoms with Crippen molar-refractivity contribution in [3.63, 3.8) is 0 Å². The van der Waals surface area contributed by atoms with Crippen LogP contribution >= 0.6 is 11.8 Å². The molecule has 0 unspecified atom stereocenters. The first-order valence-electron chi connectivity index (χ1n) is 15.7. The number of benzene rings is 7. The van der Waals surface area contributed by atoms with Gasteiger partial charge in [0.2, 0.25) is 0 Å². The van der Waals surface area contributed by atoms with E-state index in [4.69, 9.17) is 4.42 Å². The number of rotatable bonds is 3. The van der Waals surface area contributed by atoms with Gasteiger partial charge in [-0.2, -0.15) is 0 Å². The fourth-order valence-electron chi connectivity index (χ4n) is 7.91. The molecule has 2 heterocycles. The Morgan fingerprint density at radius 2 is 1.07 bits per heavy atom. The van der Waals surface area contributed by atoms with E-state index >= 15 is 0 Å². The summed E-state index contributed by atoms with van der Waals surface area (Å²) in [5.74, 6) is 0. The molecule has 1 aromatic heterocycles. The quantitative estimate of drug-likeness (QED) is 0.217. The molecule has 0 bridgehead atoms. The molecule has 0 fully saturated rings. The van der Waals surface area contributed by atoms with Gasteiger partial charge in [-0.05, 0) is 81.4 Å². The molecule has 1 spiro atoms. The van der Waals surface area contributed by atoms with Gasteiger partial charge in [0.05, 0.1) is 5.41 Å². The highest BCUT2D eigenvalue weighted by atomic mass is 32.2. The second-order valence-corrected chi connectivity index (χ2v) is 13.2. The average Bonchev–Trinajstić information content (AvgIpc) is 3.63. The van der Waals surface area contributed by atoms with E-state index in [1.807, 2.05) is 23.9 Å². The molecule has 8 aromatic rings. The third-order valence-electron chi connectivity index (χ3n) is 9.74. The van der Waals surface area contributed by atoms with E-state index in [1.165, 1.54) is 54.3 Å². The molecule has 0 amide bonds. The zero-order chi connectivity index (χ0) is 30.2. The van der Waals surface area contributed by atoms with Gasteiger partial charge in [0.25, 0.3) is 0 Å². The van der Waals surface area contributed by atoms with Crippen molar-refractivity contribution in [1.29, 1.82) is 0 Å². The Morgan fingerprint density at radius 1 is 0.457 bits per heavy atom.